The molecule has 2 aromatic rings. The van der Waals surface area contributed by atoms with E-state index in [4.69, 9.17) is 9.47 Å². The van der Waals surface area contributed by atoms with Gasteiger partial charge in [-0.15, -0.1) is 0 Å². The number of benzene rings is 1. The van der Waals surface area contributed by atoms with Gasteiger partial charge in [-0.2, -0.15) is 4.31 Å². The standard InChI is InChI=1S/C18H25N3O4S/c1-20-13-18(19-15-20)26(22,23)21-9-7-17(8-10-21)25-12-11-24-14-16-5-3-2-4-6-16/h2-6,13,15,17H,7-12,14H2,1H3. The lowest BCUT2D eigenvalue weighted by Gasteiger charge is -2.30. The Morgan fingerprint density at radius 1 is 1.15 bits per heavy atom. The fourth-order valence-electron chi connectivity index (χ4n) is 2.93. The van der Waals surface area contributed by atoms with Crippen molar-refractivity contribution in [3.8, 4) is 0 Å². The van der Waals surface area contributed by atoms with Crippen LogP contribution in [-0.4, -0.2) is 54.7 Å². The Bertz CT molecular complexity index is 784. The van der Waals surface area contributed by atoms with E-state index in [1.165, 1.54) is 16.8 Å². The molecule has 0 atom stereocenters. The number of piperidine rings is 1. The normalized spacial score (nSPS) is 16.8. The van der Waals surface area contributed by atoms with Crippen LogP contribution in [0.1, 0.15) is 18.4 Å². The Kier molecular flexibility index (Phi) is 6.42. The Morgan fingerprint density at radius 3 is 2.54 bits per heavy atom. The summed E-state index contributed by atoms with van der Waals surface area (Å²) in [6, 6.07) is 10.0. The molecule has 26 heavy (non-hydrogen) atoms. The Hall–Kier alpha value is -1.74. The van der Waals surface area contributed by atoms with Crippen molar-refractivity contribution in [2.45, 2.75) is 30.6 Å². The fourth-order valence-corrected chi connectivity index (χ4v) is 4.37. The highest BCUT2D eigenvalue weighted by molar-refractivity contribution is 7.89. The molecule has 7 nitrogen and oxygen atoms in total. The smallest absolute Gasteiger partial charge is 0.262 e. The molecule has 1 aromatic carbocycles. The second-order valence-electron chi connectivity index (χ2n) is 6.39. The number of ether oxygens (including phenoxy) is 2. The van der Waals surface area contributed by atoms with Crippen LogP contribution in [0.15, 0.2) is 47.9 Å². The van der Waals surface area contributed by atoms with Crippen molar-refractivity contribution in [3.05, 3.63) is 48.4 Å². The predicted octanol–water partition coefficient (Wildman–Crippen LogP) is 1.81. The number of sulfonamides is 1. The quantitative estimate of drug-likeness (QED) is 0.654. The van der Waals surface area contributed by atoms with E-state index in [2.05, 4.69) is 4.98 Å². The maximum Gasteiger partial charge on any atom is 0.262 e. The van der Waals surface area contributed by atoms with E-state index < -0.39 is 10.0 Å². The second kappa shape index (κ2) is 8.77. The summed E-state index contributed by atoms with van der Waals surface area (Å²) < 4.78 is 39.6. The molecule has 1 aliphatic rings. The highest BCUT2D eigenvalue weighted by Gasteiger charge is 2.31. The summed E-state index contributed by atoms with van der Waals surface area (Å²) >= 11 is 0. The van der Waals surface area contributed by atoms with Crippen molar-refractivity contribution >= 4 is 10.0 Å². The van der Waals surface area contributed by atoms with E-state index in [1.54, 1.807) is 11.6 Å². The van der Waals surface area contributed by atoms with E-state index >= 15 is 0 Å². The van der Waals surface area contributed by atoms with Gasteiger partial charge < -0.3 is 14.0 Å². The zero-order valence-electron chi connectivity index (χ0n) is 15.0. The van der Waals surface area contributed by atoms with Crippen LogP contribution in [-0.2, 0) is 33.2 Å². The molecule has 1 aromatic heterocycles. The fraction of sp³-hybridized carbons (Fsp3) is 0.500. The number of imidazole rings is 1. The average Bonchev–Trinajstić information content (AvgIpc) is 3.10. The molecule has 0 amide bonds. The van der Waals surface area contributed by atoms with Crippen molar-refractivity contribution in [2.24, 2.45) is 7.05 Å². The molecule has 0 aliphatic carbocycles. The van der Waals surface area contributed by atoms with Crippen LogP contribution >= 0.6 is 0 Å². The summed E-state index contributed by atoms with van der Waals surface area (Å²) in [5.74, 6) is 0. The van der Waals surface area contributed by atoms with Gasteiger partial charge in [-0.1, -0.05) is 30.3 Å². The van der Waals surface area contributed by atoms with E-state index in [-0.39, 0.29) is 11.1 Å². The molecular formula is C18H25N3O4S. The Morgan fingerprint density at radius 2 is 1.88 bits per heavy atom. The summed E-state index contributed by atoms with van der Waals surface area (Å²) in [6.45, 7) is 2.53. The largest absolute Gasteiger partial charge is 0.376 e. The highest BCUT2D eigenvalue weighted by Crippen LogP contribution is 2.20. The first kappa shape index (κ1) is 19.0. The predicted molar refractivity (Wildman–Crippen MR) is 97.0 cm³/mol. The number of hydrogen-bond donors (Lipinski definition) is 0. The summed E-state index contributed by atoms with van der Waals surface area (Å²) in [5, 5.41) is 0.105. The first-order valence-corrected chi connectivity index (χ1v) is 10.2. The van der Waals surface area contributed by atoms with E-state index in [9.17, 15) is 8.42 Å². The molecule has 3 rings (SSSR count). The zero-order valence-corrected chi connectivity index (χ0v) is 15.8. The number of nitrogens with zero attached hydrogens (tertiary/aromatic N) is 3. The molecule has 8 heteroatoms. The molecule has 1 fully saturated rings. The summed E-state index contributed by atoms with van der Waals surface area (Å²) in [5.41, 5.74) is 1.14. The molecule has 0 unspecified atom stereocenters. The van der Waals surface area contributed by atoms with Gasteiger partial charge in [0.2, 0.25) is 0 Å². The lowest BCUT2D eigenvalue weighted by Crippen LogP contribution is -2.41. The molecule has 0 spiro atoms. The maximum atomic E-state index is 12.5. The van der Waals surface area contributed by atoms with Gasteiger partial charge in [0.05, 0.1) is 32.3 Å². The molecule has 142 valence electrons. The molecule has 1 saturated heterocycles. The van der Waals surface area contributed by atoms with Crippen molar-refractivity contribution in [1.82, 2.24) is 13.9 Å². The Balaban J connectivity index is 1.36. The monoisotopic (exact) mass is 379 g/mol. The molecule has 0 N–H and O–H groups in total. The molecular weight excluding hydrogens is 354 g/mol. The molecule has 2 heterocycles. The third-order valence-corrected chi connectivity index (χ3v) is 6.16. The molecule has 0 saturated carbocycles. The minimum absolute atomic E-state index is 0.0745. The van der Waals surface area contributed by atoms with Crippen molar-refractivity contribution in [2.75, 3.05) is 26.3 Å². The number of hydrogen-bond acceptors (Lipinski definition) is 5. The van der Waals surface area contributed by atoms with Crippen molar-refractivity contribution < 1.29 is 17.9 Å². The summed E-state index contributed by atoms with van der Waals surface area (Å²) in [7, 11) is -1.75. The lowest BCUT2D eigenvalue weighted by molar-refractivity contribution is -0.0175. The van der Waals surface area contributed by atoms with Gasteiger partial charge in [0.1, 0.15) is 0 Å². The minimum Gasteiger partial charge on any atom is -0.376 e. The van der Waals surface area contributed by atoms with Gasteiger partial charge in [0, 0.05) is 26.3 Å². The maximum absolute atomic E-state index is 12.5. The number of rotatable bonds is 8. The zero-order chi connectivity index (χ0) is 18.4. The SMILES string of the molecule is Cn1cnc(S(=O)(=O)N2CCC(OCCOCc3ccccc3)CC2)c1. The molecule has 0 bridgehead atoms. The van der Waals surface area contributed by atoms with E-state index in [1.807, 2.05) is 30.3 Å². The van der Waals surface area contributed by atoms with E-state index in [0.29, 0.717) is 45.8 Å². The molecule has 0 radical (unpaired) electrons. The van der Waals surface area contributed by atoms with Gasteiger partial charge in [-0.05, 0) is 18.4 Å². The van der Waals surface area contributed by atoms with Gasteiger partial charge in [0.15, 0.2) is 5.03 Å². The second-order valence-corrected chi connectivity index (χ2v) is 8.27. The number of aromatic nitrogens is 2. The summed E-state index contributed by atoms with van der Waals surface area (Å²) in [4.78, 5) is 3.96. The first-order chi connectivity index (χ1) is 12.6. The van der Waals surface area contributed by atoms with Crippen LogP contribution in [0.25, 0.3) is 0 Å². The van der Waals surface area contributed by atoms with Crippen LogP contribution < -0.4 is 0 Å². The lowest BCUT2D eigenvalue weighted by atomic mass is 10.1. The third-order valence-electron chi connectivity index (χ3n) is 4.38. The average molecular weight is 379 g/mol. The number of aryl methyl sites for hydroxylation is 1. The van der Waals surface area contributed by atoms with Crippen LogP contribution in [0.2, 0.25) is 0 Å². The third kappa shape index (κ3) is 4.91. The van der Waals surface area contributed by atoms with Crippen molar-refractivity contribution in [1.29, 1.82) is 0 Å². The topological polar surface area (TPSA) is 73.7 Å². The van der Waals surface area contributed by atoms with Gasteiger partial charge in [0.25, 0.3) is 10.0 Å². The Labute approximate surface area is 154 Å². The first-order valence-electron chi connectivity index (χ1n) is 8.77. The minimum atomic E-state index is -3.50. The van der Waals surface area contributed by atoms with Crippen LogP contribution in [0, 0.1) is 0 Å². The van der Waals surface area contributed by atoms with Crippen molar-refractivity contribution in [3.63, 3.8) is 0 Å². The summed E-state index contributed by atoms with van der Waals surface area (Å²) in [6.07, 6.45) is 4.47. The van der Waals surface area contributed by atoms with Gasteiger partial charge in [-0.3, -0.25) is 0 Å². The van der Waals surface area contributed by atoms with Crippen LogP contribution in [0.3, 0.4) is 0 Å². The van der Waals surface area contributed by atoms with Gasteiger partial charge >= 0.3 is 0 Å². The molecule has 1 aliphatic heterocycles. The van der Waals surface area contributed by atoms with E-state index in [0.717, 1.165) is 5.56 Å². The van der Waals surface area contributed by atoms with Crippen LogP contribution in [0.4, 0.5) is 0 Å². The van der Waals surface area contributed by atoms with Crippen LogP contribution in [0.5, 0.6) is 0 Å². The van der Waals surface area contributed by atoms with Gasteiger partial charge in [-0.25, -0.2) is 13.4 Å². The highest BCUT2D eigenvalue weighted by atomic mass is 32.2.